The van der Waals surface area contributed by atoms with Crippen molar-refractivity contribution in [2.24, 2.45) is 0 Å². The zero-order valence-electron chi connectivity index (χ0n) is 16.8. The van der Waals surface area contributed by atoms with Crippen molar-refractivity contribution >= 4 is 10.0 Å². The summed E-state index contributed by atoms with van der Waals surface area (Å²) in [6.07, 6.45) is 2.52. The molecule has 2 N–H and O–H groups in total. The highest BCUT2D eigenvalue weighted by Crippen LogP contribution is 2.31. The first-order valence-electron chi connectivity index (χ1n) is 9.78. The van der Waals surface area contributed by atoms with Gasteiger partial charge in [-0.2, -0.15) is 4.31 Å². The Morgan fingerprint density at radius 2 is 1.86 bits per heavy atom. The van der Waals surface area contributed by atoms with E-state index in [1.54, 1.807) is 11.4 Å². The van der Waals surface area contributed by atoms with Crippen LogP contribution in [0.1, 0.15) is 16.7 Å². The molecule has 7 heteroatoms. The van der Waals surface area contributed by atoms with Crippen molar-refractivity contribution in [2.45, 2.75) is 18.7 Å². The molecular formula is C22H29N2O4S+. The van der Waals surface area contributed by atoms with Gasteiger partial charge < -0.3 is 14.7 Å². The third kappa shape index (κ3) is 5.38. The van der Waals surface area contributed by atoms with Crippen molar-refractivity contribution in [2.75, 3.05) is 33.3 Å². The lowest BCUT2D eigenvalue weighted by Gasteiger charge is -2.31. The number of quaternary nitrogens is 1. The second-order valence-corrected chi connectivity index (χ2v) is 9.34. The number of rotatable bonds is 8. The Hall–Kier alpha value is -2.35. The summed E-state index contributed by atoms with van der Waals surface area (Å²) in [6.45, 7) is 6.75. The average molecular weight is 418 g/mol. The standard InChI is InChI=1S/C22H28N2O4S/c1-3-7-19-14-20(22(25)21(15-19)28-2)16-23-10-12-24(13-11-23)29(26,27)17-18-8-5-4-6-9-18/h3-6,8-9,14-15,25H,1,7,10-13,16-17H2,2H3/p+1. The second-order valence-electron chi connectivity index (χ2n) is 7.37. The van der Waals surface area contributed by atoms with Crippen molar-refractivity contribution in [3.63, 3.8) is 0 Å². The summed E-state index contributed by atoms with van der Waals surface area (Å²) < 4.78 is 32.3. The average Bonchev–Trinajstić information content (AvgIpc) is 2.71. The van der Waals surface area contributed by atoms with E-state index in [1.165, 1.54) is 4.90 Å². The van der Waals surface area contributed by atoms with Crippen molar-refractivity contribution in [3.05, 3.63) is 71.8 Å². The molecule has 0 atom stereocenters. The van der Waals surface area contributed by atoms with Gasteiger partial charge in [0.15, 0.2) is 11.5 Å². The van der Waals surface area contributed by atoms with Gasteiger partial charge in [0.2, 0.25) is 10.0 Å². The van der Waals surface area contributed by atoms with Gasteiger partial charge in [-0.1, -0.05) is 36.4 Å². The SMILES string of the molecule is C=CCc1cc(C[NH+]2CCN(S(=O)(=O)Cc3ccccc3)CC2)c(O)c(OC)c1. The fraction of sp³-hybridized carbons (Fsp3) is 0.364. The van der Waals surface area contributed by atoms with Gasteiger partial charge >= 0.3 is 0 Å². The number of allylic oxidation sites excluding steroid dienone is 1. The Kier molecular flexibility index (Phi) is 6.95. The maximum Gasteiger partial charge on any atom is 0.218 e. The third-order valence-corrected chi connectivity index (χ3v) is 7.12. The molecule has 1 aliphatic heterocycles. The van der Waals surface area contributed by atoms with Crippen LogP contribution in [0.15, 0.2) is 55.1 Å². The molecule has 0 spiro atoms. The number of hydrogen-bond donors (Lipinski definition) is 2. The molecule has 2 aromatic rings. The molecule has 0 radical (unpaired) electrons. The van der Waals surface area contributed by atoms with E-state index in [1.807, 2.05) is 48.5 Å². The molecule has 1 aliphatic rings. The lowest BCUT2D eigenvalue weighted by Crippen LogP contribution is -3.13. The monoisotopic (exact) mass is 417 g/mol. The van der Waals surface area contributed by atoms with E-state index >= 15 is 0 Å². The van der Waals surface area contributed by atoms with Gasteiger partial charge in [-0.15, -0.1) is 6.58 Å². The van der Waals surface area contributed by atoms with E-state index in [0.29, 0.717) is 44.9 Å². The quantitative estimate of drug-likeness (QED) is 0.637. The molecular weight excluding hydrogens is 388 g/mol. The van der Waals surface area contributed by atoms with E-state index in [4.69, 9.17) is 4.74 Å². The number of nitrogens with zero attached hydrogens (tertiary/aromatic N) is 1. The highest BCUT2D eigenvalue weighted by Gasteiger charge is 2.29. The summed E-state index contributed by atoms with van der Waals surface area (Å²) in [5, 5.41) is 10.5. The van der Waals surface area contributed by atoms with E-state index in [2.05, 4.69) is 6.58 Å². The fourth-order valence-electron chi connectivity index (χ4n) is 3.71. The minimum absolute atomic E-state index is 0.0325. The number of nitrogens with one attached hydrogen (secondary N) is 1. The van der Waals surface area contributed by atoms with Crippen LogP contribution in [0.2, 0.25) is 0 Å². The molecule has 0 aromatic heterocycles. The number of benzene rings is 2. The van der Waals surface area contributed by atoms with Crippen LogP contribution < -0.4 is 9.64 Å². The van der Waals surface area contributed by atoms with Crippen molar-refractivity contribution < 1.29 is 23.2 Å². The Bertz CT molecular complexity index is 937. The topological polar surface area (TPSA) is 71.3 Å². The molecule has 29 heavy (non-hydrogen) atoms. The van der Waals surface area contributed by atoms with Gasteiger partial charge in [-0.05, 0) is 29.7 Å². The van der Waals surface area contributed by atoms with Crippen LogP contribution in [0, 0.1) is 0 Å². The Labute approximate surface area is 173 Å². The van der Waals surface area contributed by atoms with Gasteiger partial charge in [0.05, 0.1) is 44.6 Å². The number of hydrogen-bond acceptors (Lipinski definition) is 4. The van der Waals surface area contributed by atoms with E-state index in [9.17, 15) is 13.5 Å². The van der Waals surface area contributed by atoms with Crippen LogP contribution in [0.25, 0.3) is 0 Å². The minimum atomic E-state index is -3.33. The molecule has 1 fully saturated rings. The summed E-state index contributed by atoms with van der Waals surface area (Å²) in [5.41, 5.74) is 2.66. The molecule has 6 nitrogen and oxygen atoms in total. The largest absolute Gasteiger partial charge is 0.504 e. The number of ether oxygens (including phenoxy) is 1. The molecule has 3 rings (SSSR count). The van der Waals surface area contributed by atoms with Crippen molar-refractivity contribution in [3.8, 4) is 11.5 Å². The molecule has 0 bridgehead atoms. The number of phenolic OH excluding ortho intramolecular Hbond substituents is 1. The summed E-state index contributed by atoms with van der Waals surface area (Å²) in [4.78, 5) is 1.24. The minimum Gasteiger partial charge on any atom is -0.504 e. The van der Waals surface area contributed by atoms with Gasteiger partial charge in [0.25, 0.3) is 0 Å². The first-order valence-corrected chi connectivity index (χ1v) is 11.4. The maximum absolute atomic E-state index is 12.7. The molecule has 0 amide bonds. The normalized spacial score (nSPS) is 15.9. The van der Waals surface area contributed by atoms with Gasteiger partial charge in [-0.3, -0.25) is 0 Å². The van der Waals surface area contributed by atoms with Gasteiger partial charge in [0.1, 0.15) is 6.54 Å². The predicted octanol–water partition coefficient (Wildman–Crippen LogP) is 1.36. The summed E-state index contributed by atoms with van der Waals surface area (Å²) in [7, 11) is -1.78. The molecule has 0 saturated carbocycles. The van der Waals surface area contributed by atoms with Gasteiger partial charge in [-0.25, -0.2) is 8.42 Å². The first kappa shape index (κ1) is 21.4. The molecule has 156 valence electrons. The lowest BCUT2D eigenvalue weighted by atomic mass is 10.1. The molecule has 0 unspecified atom stereocenters. The Morgan fingerprint density at radius 1 is 1.17 bits per heavy atom. The number of piperazine rings is 1. The molecule has 2 aromatic carbocycles. The van der Waals surface area contributed by atoms with Crippen LogP contribution in [0.3, 0.4) is 0 Å². The number of aromatic hydroxyl groups is 1. The van der Waals surface area contributed by atoms with E-state index in [-0.39, 0.29) is 11.5 Å². The van der Waals surface area contributed by atoms with Crippen LogP contribution in [-0.2, 0) is 28.7 Å². The van der Waals surface area contributed by atoms with Crippen molar-refractivity contribution in [1.29, 1.82) is 0 Å². The highest BCUT2D eigenvalue weighted by atomic mass is 32.2. The van der Waals surface area contributed by atoms with Crippen LogP contribution in [0.4, 0.5) is 0 Å². The first-order chi connectivity index (χ1) is 13.9. The second kappa shape index (κ2) is 9.43. The fourth-order valence-corrected chi connectivity index (χ4v) is 5.24. The van der Waals surface area contributed by atoms with E-state index in [0.717, 1.165) is 16.7 Å². The summed E-state index contributed by atoms with van der Waals surface area (Å²) in [5.74, 6) is 0.653. The summed E-state index contributed by atoms with van der Waals surface area (Å²) >= 11 is 0. The van der Waals surface area contributed by atoms with Crippen LogP contribution in [-0.4, -0.2) is 51.1 Å². The highest BCUT2D eigenvalue weighted by molar-refractivity contribution is 7.88. The number of phenols is 1. The Morgan fingerprint density at radius 3 is 2.48 bits per heavy atom. The predicted molar refractivity (Wildman–Crippen MR) is 114 cm³/mol. The summed E-state index contributed by atoms with van der Waals surface area (Å²) in [6, 6.07) is 13.1. The lowest BCUT2D eigenvalue weighted by molar-refractivity contribution is -0.917. The number of sulfonamides is 1. The molecule has 1 heterocycles. The molecule has 0 aliphatic carbocycles. The van der Waals surface area contributed by atoms with Crippen molar-refractivity contribution in [1.82, 2.24) is 4.31 Å². The van der Waals surface area contributed by atoms with Crippen LogP contribution >= 0.6 is 0 Å². The van der Waals surface area contributed by atoms with Gasteiger partial charge in [0, 0.05) is 0 Å². The third-order valence-electron chi connectivity index (χ3n) is 5.27. The smallest absolute Gasteiger partial charge is 0.218 e. The number of methoxy groups -OCH3 is 1. The zero-order chi connectivity index (χ0) is 20.9. The maximum atomic E-state index is 12.7. The van der Waals surface area contributed by atoms with E-state index < -0.39 is 10.0 Å². The van der Waals surface area contributed by atoms with Crippen LogP contribution in [0.5, 0.6) is 11.5 Å². The molecule has 1 saturated heterocycles. The zero-order valence-corrected chi connectivity index (χ0v) is 17.6. The Balaban J connectivity index is 1.64.